The monoisotopic (exact) mass is 612 g/mol. The van der Waals surface area contributed by atoms with Crippen molar-refractivity contribution >= 4 is 39.4 Å². The Morgan fingerprint density at radius 1 is 0.848 bits per heavy atom. The van der Waals surface area contributed by atoms with Gasteiger partial charge in [0.1, 0.15) is 23.2 Å². The van der Waals surface area contributed by atoms with E-state index in [2.05, 4.69) is 160 Å². The third-order valence-electron chi connectivity index (χ3n) is 9.98. The van der Waals surface area contributed by atoms with Gasteiger partial charge in [0.25, 0.3) is 0 Å². The van der Waals surface area contributed by atoms with Crippen LogP contribution in [-0.4, -0.2) is 15.7 Å². The molecule has 0 saturated carbocycles. The van der Waals surface area contributed by atoms with Crippen LogP contribution in [0.2, 0.25) is 0 Å². The van der Waals surface area contributed by atoms with Crippen molar-refractivity contribution in [3.8, 4) is 5.69 Å². The predicted molar refractivity (Wildman–Crippen MR) is 190 cm³/mol. The lowest BCUT2D eigenvalue weighted by atomic mass is 9.84. The van der Waals surface area contributed by atoms with Gasteiger partial charge in [-0.1, -0.05) is 64.1 Å². The third kappa shape index (κ3) is 4.37. The molecule has 1 aliphatic rings. The van der Waals surface area contributed by atoms with Gasteiger partial charge in [0.2, 0.25) is 5.71 Å². The lowest BCUT2D eigenvalue weighted by Gasteiger charge is -2.41. The number of furan rings is 1. The van der Waals surface area contributed by atoms with Crippen molar-refractivity contribution in [2.75, 3.05) is 9.80 Å². The van der Waals surface area contributed by atoms with Crippen LogP contribution < -0.4 is 14.4 Å². The van der Waals surface area contributed by atoms with Gasteiger partial charge in [0, 0.05) is 16.5 Å². The number of imidazole rings is 1. The molecule has 6 nitrogen and oxygen atoms in total. The van der Waals surface area contributed by atoms with Crippen LogP contribution in [0.25, 0.3) is 27.8 Å². The molecule has 0 radical (unpaired) electrons. The molecule has 0 saturated heterocycles. The van der Waals surface area contributed by atoms with E-state index in [1.54, 1.807) is 0 Å². The maximum atomic E-state index is 6.36. The summed E-state index contributed by atoms with van der Waals surface area (Å²) in [6.07, 6.45) is 4.44. The number of nitrogens with zero attached hydrogens (tertiary/aromatic N) is 5. The second-order valence-corrected chi connectivity index (χ2v) is 14.1. The highest BCUT2D eigenvalue weighted by Crippen LogP contribution is 2.51. The molecule has 0 bridgehead atoms. The van der Waals surface area contributed by atoms with E-state index in [1.165, 1.54) is 39.3 Å². The molecule has 1 aliphatic heterocycles. The number of fused-ring (bicyclic) bond motifs is 4. The molecule has 3 aromatic carbocycles. The minimum absolute atomic E-state index is 0.00848. The number of benzene rings is 3. The molecule has 0 unspecified atom stereocenters. The minimum atomic E-state index is -0.398. The van der Waals surface area contributed by atoms with E-state index in [0.717, 1.165) is 28.0 Å². The van der Waals surface area contributed by atoms with Crippen molar-refractivity contribution < 1.29 is 8.98 Å². The lowest BCUT2D eigenvalue weighted by Crippen LogP contribution is -2.51. The van der Waals surface area contributed by atoms with Gasteiger partial charge in [-0.25, -0.2) is 19.0 Å². The van der Waals surface area contributed by atoms with Gasteiger partial charge >= 0.3 is 5.95 Å². The van der Waals surface area contributed by atoms with Crippen LogP contribution in [0.4, 0.5) is 17.3 Å². The van der Waals surface area contributed by atoms with Crippen molar-refractivity contribution in [1.29, 1.82) is 0 Å². The summed E-state index contributed by atoms with van der Waals surface area (Å²) in [6.45, 7) is 20.5. The van der Waals surface area contributed by atoms with Crippen molar-refractivity contribution in [1.82, 2.24) is 9.55 Å². The van der Waals surface area contributed by atoms with Crippen molar-refractivity contribution in [2.24, 2.45) is 7.05 Å². The lowest BCUT2D eigenvalue weighted by molar-refractivity contribution is -0.657. The average molecular weight is 613 g/mol. The van der Waals surface area contributed by atoms with Gasteiger partial charge < -0.3 is 9.32 Å². The Bertz CT molecular complexity index is 2090. The molecule has 3 aromatic heterocycles. The maximum Gasteiger partial charge on any atom is 0.371 e. The molecular weight excluding hydrogens is 566 g/mol. The topological polar surface area (TPSA) is 41.3 Å². The van der Waals surface area contributed by atoms with E-state index in [0.29, 0.717) is 17.5 Å². The van der Waals surface area contributed by atoms with Gasteiger partial charge in [0.05, 0.1) is 24.5 Å². The largest absolute Gasteiger partial charge is 0.438 e. The Morgan fingerprint density at radius 2 is 1.52 bits per heavy atom. The zero-order chi connectivity index (χ0) is 32.7. The summed E-state index contributed by atoms with van der Waals surface area (Å²) in [4.78, 5) is 9.87. The molecule has 236 valence electrons. The summed E-state index contributed by atoms with van der Waals surface area (Å²) in [7, 11) is 2.17. The Hall–Kier alpha value is -4.58. The number of anilines is 3. The Balaban J connectivity index is 1.45. The molecule has 0 aliphatic carbocycles. The molecule has 0 N–H and O–H groups in total. The maximum absolute atomic E-state index is 6.36. The molecule has 46 heavy (non-hydrogen) atoms. The van der Waals surface area contributed by atoms with Crippen molar-refractivity contribution in [3.63, 3.8) is 0 Å². The van der Waals surface area contributed by atoms with Crippen LogP contribution >= 0.6 is 0 Å². The zero-order valence-corrected chi connectivity index (χ0v) is 28.9. The summed E-state index contributed by atoms with van der Waals surface area (Å²) >= 11 is 0. The van der Waals surface area contributed by atoms with E-state index < -0.39 is 5.54 Å². The second kappa shape index (κ2) is 10.8. The summed E-state index contributed by atoms with van der Waals surface area (Å²) in [6, 6.07) is 24.2. The van der Waals surface area contributed by atoms with Crippen LogP contribution in [0.5, 0.6) is 0 Å². The number of pyridine rings is 1. The Morgan fingerprint density at radius 3 is 2.20 bits per heavy atom. The molecular formula is C40H46N5O+. The molecule has 4 heterocycles. The standard InChI is InChI=1S/C40H46N5O/c1-24(2)29-14-13-15-30(25(3)4)37(29)43-23-22-42(10)39(43)44-28(7)45(33-17-12-11-16-32(33)44)40(8,9)36-26(5)18-21-34-35(36)31-20-19-27(6)41-38(31)46-34/h11-25,28H,1-10H3/q+1/t28-/m1/s1. The number of aromatic nitrogens is 3. The van der Waals surface area contributed by atoms with Crippen LogP contribution in [0, 0.1) is 13.8 Å². The predicted octanol–water partition coefficient (Wildman–Crippen LogP) is 9.70. The minimum Gasteiger partial charge on any atom is -0.438 e. The molecule has 0 amide bonds. The van der Waals surface area contributed by atoms with E-state index in [-0.39, 0.29) is 6.17 Å². The smallest absolute Gasteiger partial charge is 0.371 e. The summed E-state index contributed by atoms with van der Waals surface area (Å²) in [5, 5.41) is 2.22. The van der Waals surface area contributed by atoms with Gasteiger partial charge in [-0.15, -0.1) is 0 Å². The summed E-state index contributed by atoms with van der Waals surface area (Å²) in [5.41, 5.74) is 11.1. The normalized spacial score (nSPS) is 15.3. The highest BCUT2D eigenvalue weighted by molar-refractivity contribution is 6.06. The fourth-order valence-corrected chi connectivity index (χ4v) is 8.01. The first-order chi connectivity index (χ1) is 21.9. The highest BCUT2D eigenvalue weighted by Gasteiger charge is 2.49. The van der Waals surface area contributed by atoms with Crippen LogP contribution in [0.15, 0.2) is 83.5 Å². The van der Waals surface area contributed by atoms with E-state index in [1.807, 2.05) is 6.92 Å². The van der Waals surface area contributed by atoms with Crippen molar-refractivity contribution in [2.45, 2.75) is 85.9 Å². The van der Waals surface area contributed by atoms with Crippen LogP contribution in [0.3, 0.4) is 0 Å². The van der Waals surface area contributed by atoms with Gasteiger partial charge in [-0.3, -0.25) is 0 Å². The molecule has 0 spiro atoms. The van der Waals surface area contributed by atoms with E-state index in [9.17, 15) is 0 Å². The molecule has 6 heteroatoms. The average Bonchev–Trinajstić information content (AvgIpc) is 3.66. The molecule has 6 aromatic rings. The number of aryl methyl sites for hydroxylation is 3. The number of rotatable bonds is 6. The third-order valence-corrected chi connectivity index (χ3v) is 9.98. The number of para-hydroxylation sites is 3. The first-order valence-corrected chi connectivity index (χ1v) is 16.6. The van der Waals surface area contributed by atoms with E-state index >= 15 is 0 Å². The van der Waals surface area contributed by atoms with E-state index in [4.69, 9.17) is 9.40 Å². The van der Waals surface area contributed by atoms with Crippen LogP contribution in [-0.2, 0) is 12.6 Å². The quantitative estimate of drug-likeness (QED) is 0.176. The SMILES string of the molecule is Cc1ccc2c(n1)oc1ccc(C)c(C(C)(C)N3c4ccccc4N(c4n(-c5c(C(C)C)cccc5C(C)C)cc[n+]4C)[C@H]3C)c12. The molecule has 7 rings (SSSR count). The fourth-order valence-electron chi connectivity index (χ4n) is 8.01. The fraction of sp³-hybridized carbons (Fsp3) is 0.350. The number of hydrogen-bond donors (Lipinski definition) is 0. The molecule has 1 atom stereocenters. The van der Waals surface area contributed by atoms with Gasteiger partial charge in [-0.05, 0) is 99.0 Å². The van der Waals surface area contributed by atoms with Crippen molar-refractivity contribution in [3.05, 3.63) is 107 Å². The summed E-state index contributed by atoms with van der Waals surface area (Å²) in [5.74, 6) is 1.91. The van der Waals surface area contributed by atoms with Gasteiger partial charge in [-0.2, -0.15) is 0 Å². The first-order valence-electron chi connectivity index (χ1n) is 16.6. The second-order valence-electron chi connectivity index (χ2n) is 14.1. The Labute approximate surface area is 272 Å². The molecule has 0 fully saturated rings. The summed E-state index contributed by atoms with van der Waals surface area (Å²) < 4.78 is 11.1. The van der Waals surface area contributed by atoms with Crippen LogP contribution in [0.1, 0.15) is 88.2 Å². The first kappa shape index (κ1) is 30.1. The highest BCUT2D eigenvalue weighted by atomic mass is 16.3. The Kier molecular flexibility index (Phi) is 7.04. The number of hydrogen-bond acceptors (Lipinski definition) is 4. The zero-order valence-electron chi connectivity index (χ0n) is 28.9. The van der Waals surface area contributed by atoms with Gasteiger partial charge in [0.15, 0.2) is 6.17 Å².